The Kier molecular flexibility index (Phi) is 4.99. The van der Waals surface area contributed by atoms with E-state index in [9.17, 15) is 9.59 Å². The maximum Gasteiger partial charge on any atom is 0.251 e. The zero-order valence-electron chi connectivity index (χ0n) is 9.13. The Balaban J connectivity index is 2.41. The molecule has 1 aromatic carbocycles. The molecule has 4 heteroatoms. The number of hydrogen-bond acceptors (Lipinski definition) is 2. The van der Waals surface area contributed by atoms with Gasteiger partial charge in [-0.1, -0.05) is 18.2 Å². The van der Waals surface area contributed by atoms with Crippen LogP contribution in [0.3, 0.4) is 0 Å². The summed E-state index contributed by atoms with van der Waals surface area (Å²) in [5, 5.41) is 2.38. The number of rotatable bonds is 5. The lowest BCUT2D eigenvalue weighted by Crippen LogP contribution is -2.25. The van der Waals surface area contributed by atoms with Gasteiger partial charge in [0, 0.05) is 18.5 Å². The molecule has 0 saturated heterocycles. The number of halogens is 1. The molecule has 0 atom stereocenters. The highest BCUT2D eigenvalue weighted by Crippen LogP contribution is 2.06. The zero-order valence-corrected chi connectivity index (χ0v) is 9.88. The minimum atomic E-state index is -0.370. The Morgan fingerprint density at radius 3 is 2.62 bits per heavy atom. The van der Waals surface area contributed by atoms with Crippen LogP contribution in [0, 0.1) is 6.92 Å². The van der Waals surface area contributed by atoms with Gasteiger partial charge in [0.15, 0.2) is 0 Å². The van der Waals surface area contributed by atoms with Crippen molar-refractivity contribution in [1.82, 2.24) is 5.32 Å². The summed E-state index contributed by atoms with van der Waals surface area (Å²) < 4.78 is 0. The van der Waals surface area contributed by atoms with Crippen molar-refractivity contribution in [2.24, 2.45) is 0 Å². The molecule has 0 fully saturated rings. The number of amides is 1. The molecule has 1 rings (SSSR count). The van der Waals surface area contributed by atoms with Crippen LogP contribution in [0.5, 0.6) is 0 Å². The van der Waals surface area contributed by atoms with Gasteiger partial charge in [0.1, 0.15) is 0 Å². The van der Waals surface area contributed by atoms with Gasteiger partial charge in [0.2, 0.25) is 5.24 Å². The van der Waals surface area contributed by atoms with Crippen molar-refractivity contribution < 1.29 is 9.59 Å². The zero-order chi connectivity index (χ0) is 12.0. The average molecular weight is 240 g/mol. The van der Waals surface area contributed by atoms with Crippen LogP contribution in [0.1, 0.15) is 28.8 Å². The molecular formula is C12H14ClNO2. The molecule has 0 aromatic heterocycles. The lowest BCUT2D eigenvalue weighted by atomic mass is 10.1. The molecule has 0 saturated carbocycles. The number of aryl methyl sites for hydroxylation is 1. The van der Waals surface area contributed by atoms with Crippen LogP contribution in [0.25, 0.3) is 0 Å². The van der Waals surface area contributed by atoms with Crippen molar-refractivity contribution in [1.29, 1.82) is 0 Å². The Hall–Kier alpha value is -1.35. The van der Waals surface area contributed by atoms with Crippen LogP contribution >= 0.6 is 11.6 Å². The molecule has 0 aliphatic heterocycles. The molecule has 16 heavy (non-hydrogen) atoms. The highest BCUT2D eigenvalue weighted by molar-refractivity contribution is 6.63. The summed E-state index contributed by atoms with van der Waals surface area (Å²) in [4.78, 5) is 22.1. The molecule has 0 heterocycles. The van der Waals surface area contributed by atoms with Gasteiger partial charge in [-0.3, -0.25) is 9.59 Å². The number of nitrogens with one attached hydrogen (secondary N) is 1. The van der Waals surface area contributed by atoms with Crippen LogP contribution in [-0.2, 0) is 4.79 Å². The smallest absolute Gasteiger partial charge is 0.251 e. The summed E-state index contributed by atoms with van der Waals surface area (Å²) in [5.74, 6) is -0.111. The van der Waals surface area contributed by atoms with Gasteiger partial charge in [-0.2, -0.15) is 0 Å². The summed E-state index contributed by atoms with van der Waals surface area (Å²) in [7, 11) is 0. The standard InChI is InChI=1S/C12H14ClNO2/c1-9-5-2-3-6-10(9)12(16)14-8-4-7-11(13)15/h2-3,5-6H,4,7-8H2,1H3,(H,14,16). The van der Waals surface area contributed by atoms with Gasteiger partial charge in [0.05, 0.1) is 0 Å². The van der Waals surface area contributed by atoms with E-state index < -0.39 is 0 Å². The third-order valence-corrected chi connectivity index (χ3v) is 2.41. The summed E-state index contributed by atoms with van der Waals surface area (Å²) in [5.41, 5.74) is 1.60. The quantitative estimate of drug-likeness (QED) is 0.633. The predicted molar refractivity (Wildman–Crippen MR) is 63.6 cm³/mol. The number of carbonyl (C=O) groups is 2. The van der Waals surface area contributed by atoms with E-state index in [-0.39, 0.29) is 17.6 Å². The first-order chi connectivity index (χ1) is 7.61. The van der Waals surface area contributed by atoms with E-state index in [4.69, 9.17) is 11.6 Å². The van der Waals surface area contributed by atoms with E-state index in [1.165, 1.54) is 0 Å². The molecule has 3 nitrogen and oxygen atoms in total. The first-order valence-electron chi connectivity index (χ1n) is 5.13. The first-order valence-corrected chi connectivity index (χ1v) is 5.51. The fraction of sp³-hybridized carbons (Fsp3) is 0.333. The number of benzene rings is 1. The number of hydrogen-bond donors (Lipinski definition) is 1. The molecule has 1 aromatic rings. The molecule has 1 amide bonds. The fourth-order valence-electron chi connectivity index (χ4n) is 1.35. The first kappa shape index (κ1) is 12.7. The maximum atomic E-state index is 11.7. The number of carbonyl (C=O) groups excluding carboxylic acids is 2. The van der Waals surface area contributed by atoms with Gasteiger partial charge in [-0.15, -0.1) is 0 Å². The van der Waals surface area contributed by atoms with Gasteiger partial charge in [-0.05, 0) is 36.6 Å². The topological polar surface area (TPSA) is 46.2 Å². The monoisotopic (exact) mass is 239 g/mol. The third kappa shape index (κ3) is 4.03. The van der Waals surface area contributed by atoms with Gasteiger partial charge >= 0.3 is 0 Å². The highest BCUT2D eigenvalue weighted by atomic mass is 35.5. The van der Waals surface area contributed by atoms with Gasteiger partial charge in [0.25, 0.3) is 5.91 Å². The van der Waals surface area contributed by atoms with Crippen molar-refractivity contribution in [3.63, 3.8) is 0 Å². The maximum absolute atomic E-state index is 11.7. The molecule has 0 aliphatic carbocycles. The van der Waals surface area contributed by atoms with Crippen molar-refractivity contribution in [2.75, 3.05) is 6.54 Å². The van der Waals surface area contributed by atoms with Crippen LogP contribution in [0.15, 0.2) is 24.3 Å². The molecule has 86 valence electrons. The lowest BCUT2D eigenvalue weighted by molar-refractivity contribution is -0.111. The normalized spacial score (nSPS) is 9.88. The lowest BCUT2D eigenvalue weighted by Gasteiger charge is -2.06. The van der Waals surface area contributed by atoms with E-state index >= 15 is 0 Å². The SMILES string of the molecule is Cc1ccccc1C(=O)NCCCC(=O)Cl. The largest absolute Gasteiger partial charge is 0.352 e. The summed E-state index contributed by atoms with van der Waals surface area (Å²) in [6, 6.07) is 7.37. The van der Waals surface area contributed by atoms with Crippen LogP contribution in [0.2, 0.25) is 0 Å². The highest BCUT2D eigenvalue weighted by Gasteiger charge is 2.06. The molecular weight excluding hydrogens is 226 g/mol. The summed E-state index contributed by atoms with van der Waals surface area (Å²) >= 11 is 5.18. The second kappa shape index (κ2) is 6.28. The van der Waals surface area contributed by atoms with E-state index in [0.29, 0.717) is 18.5 Å². The molecule has 1 N–H and O–H groups in total. The van der Waals surface area contributed by atoms with Crippen molar-refractivity contribution in [3.05, 3.63) is 35.4 Å². The van der Waals surface area contributed by atoms with Crippen molar-refractivity contribution in [2.45, 2.75) is 19.8 Å². The summed E-state index contributed by atoms with van der Waals surface area (Å²) in [6.07, 6.45) is 0.857. The van der Waals surface area contributed by atoms with E-state index in [0.717, 1.165) is 5.56 Å². The van der Waals surface area contributed by atoms with Crippen molar-refractivity contribution >= 4 is 22.8 Å². The Bertz CT molecular complexity index is 390. The minimum Gasteiger partial charge on any atom is -0.352 e. The van der Waals surface area contributed by atoms with Crippen molar-refractivity contribution in [3.8, 4) is 0 Å². The van der Waals surface area contributed by atoms with Crippen LogP contribution < -0.4 is 5.32 Å². The van der Waals surface area contributed by atoms with E-state index in [1.54, 1.807) is 6.07 Å². The Labute approximate surface area is 99.8 Å². The third-order valence-electron chi connectivity index (χ3n) is 2.23. The van der Waals surface area contributed by atoms with Crippen LogP contribution in [-0.4, -0.2) is 17.7 Å². The molecule has 0 aliphatic rings. The Morgan fingerprint density at radius 1 is 1.31 bits per heavy atom. The predicted octanol–water partition coefficient (Wildman–Crippen LogP) is 2.27. The molecule has 0 spiro atoms. The van der Waals surface area contributed by atoms with Gasteiger partial charge in [-0.25, -0.2) is 0 Å². The molecule has 0 radical (unpaired) electrons. The second-order valence-corrected chi connectivity index (χ2v) is 3.95. The van der Waals surface area contributed by atoms with Gasteiger partial charge < -0.3 is 5.32 Å². The summed E-state index contributed by atoms with van der Waals surface area (Å²) in [6.45, 7) is 2.35. The molecule has 0 unspecified atom stereocenters. The average Bonchev–Trinajstić information content (AvgIpc) is 2.24. The second-order valence-electron chi connectivity index (χ2n) is 3.53. The van der Waals surface area contributed by atoms with E-state index in [2.05, 4.69) is 5.32 Å². The van der Waals surface area contributed by atoms with E-state index in [1.807, 2.05) is 25.1 Å². The molecule has 0 bridgehead atoms. The fourth-order valence-corrected chi connectivity index (χ4v) is 1.49. The minimum absolute atomic E-state index is 0.111. The Morgan fingerprint density at radius 2 is 2.00 bits per heavy atom. The van der Waals surface area contributed by atoms with Crippen LogP contribution in [0.4, 0.5) is 0 Å².